The van der Waals surface area contributed by atoms with Crippen LogP contribution in [0.5, 0.6) is 5.75 Å². The average molecular weight is 442 g/mol. The molecule has 0 fully saturated rings. The number of nitrogens with zero attached hydrogens (tertiary/aromatic N) is 3. The van der Waals surface area contributed by atoms with Gasteiger partial charge in [0.15, 0.2) is 0 Å². The van der Waals surface area contributed by atoms with Crippen LogP contribution in [-0.2, 0) is 4.79 Å². The van der Waals surface area contributed by atoms with Gasteiger partial charge in [-0.25, -0.2) is 4.68 Å². The maximum absolute atomic E-state index is 12.4. The van der Waals surface area contributed by atoms with Crippen molar-refractivity contribution >= 4 is 29.1 Å². The number of benzene rings is 2. The molecule has 9 heteroatoms. The van der Waals surface area contributed by atoms with Crippen LogP contribution in [0, 0.1) is 0 Å². The van der Waals surface area contributed by atoms with Crippen LogP contribution in [0.25, 0.3) is 11.3 Å². The lowest BCUT2D eigenvalue weighted by atomic mass is 10.2. The zero-order valence-electron chi connectivity index (χ0n) is 16.7. The molecule has 0 atom stereocenters. The van der Waals surface area contributed by atoms with Crippen molar-refractivity contribution in [3.05, 3.63) is 76.9 Å². The van der Waals surface area contributed by atoms with Crippen LogP contribution in [0.3, 0.4) is 0 Å². The number of halogens is 2. The minimum atomic E-state index is -2.87. The third-order valence-electron chi connectivity index (χ3n) is 3.97. The van der Waals surface area contributed by atoms with Gasteiger partial charge in [0.05, 0.1) is 18.5 Å². The number of carbonyl (C=O) groups is 1. The molecule has 0 spiro atoms. The summed E-state index contributed by atoms with van der Waals surface area (Å²) in [5, 5.41) is 9.17. The van der Waals surface area contributed by atoms with E-state index in [1.165, 1.54) is 30.4 Å². The molecule has 3 aromatic rings. The van der Waals surface area contributed by atoms with Crippen LogP contribution in [0.1, 0.15) is 12.5 Å². The summed E-state index contributed by atoms with van der Waals surface area (Å²) < 4.78 is 30.9. The molecule has 1 amide bonds. The van der Waals surface area contributed by atoms with E-state index < -0.39 is 6.61 Å². The Kier molecular flexibility index (Phi) is 7.45. The zero-order chi connectivity index (χ0) is 22.2. The van der Waals surface area contributed by atoms with Gasteiger partial charge in [-0.2, -0.15) is 13.9 Å². The van der Waals surface area contributed by atoms with E-state index in [1.807, 2.05) is 17.5 Å². The fourth-order valence-electron chi connectivity index (χ4n) is 2.65. The smallest absolute Gasteiger partial charge is 0.387 e. The predicted octanol–water partition coefficient (Wildman–Crippen LogP) is 4.75. The zero-order valence-corrected chi connectivity index (χ0v) is 17.5. The fourth-order valence-corrected chi connectivity index (χ4v) is 3.49. The molecule has 3 rings (SSSR count). The summed E-state index contributed by atoms with van der Waals surface area (Å²) in [4.78, 5) is 16.3. The first-order chi connectivity index (χ1) is 15.0. The van der Waals surface area contributed by atoms with Crippen LogP contribution >= 0.6 is 11.3 Å². The Morgan fingerprint density at radius 1 is 1.23 bits per heavy atom. The van der Waals surface area contributed by atoms with Gasteiger partial charge < -0.3 is 10.1 Å². The minimum absolute atomic E-state index is 0.0832. The van der Waals surface area contributed by atoms with Gasteiger partial charge in [0, 0.05) is 23.6 Å². The molecule has 160 valence electrons. The maximum Gasteiger partial charge on any atom is 0.387 e. The summed E-state index contributed by atoms with van der Waals surface area (Å²) in [5.74, 6) is -0.0572. The Morgan fingerprint density at radius 3 is 2.55 bits per heavy atom. The minimum Gasteiger partial charge on any atom is -0.435 e. The van der Waals surface area contributed by atoms with E-state index in [4.69, 9.17) is 0 Å². The Bertz CT molecular complexity index is 1130. The van der Waals surface area contributed by atoms with Crippen molar-refractivity contribution in [2.75, 3.05) is 11.9 Å². The van der Waals surface area contributed by atoms with E-state index in [2.05, 4.69) is 26.7 Å². The summed E-state index contributed by atoms with van der Waals surface area (Å²) in [7, 11) is 0. The van der Waals surface area contributed by atoms with Crippen LogP contribution in [0.4, 0.5) is 14.5 Å². The SMILES string of the molecule is C=CCN=c1scc(-c2ccc(OC(F)F)cc2)n1/N=C\c1ccc(NC(C)=O)cc1. The molecule has 0 saturated carbocycles. The Morgan fingerprint density at radius 2 is 1.94 bits per heavy atom. The van der Waals surface area contributed by atoms with Crippen molar-refractivity contribution in [2.24, 2.45) is 10.1 Å². The summed E-state index contributed by atoms with van der Waals surface area (Å²) in [5.41, 5.74) is 3.05. The Labute approximate surface area is 181 Å². The molecular weight excluding hydrogens is 422 g/mol. The van der Waals surface area contributed by atoms with Crippen molar-refractivity contribution in [1.29, 1.82) is 0 Å². The van der Waals surface area contributed by atoms with Crippen LogP contribution < -0.4 is 14.9 Å². The number of carbonyl (C=O) groups excluding carboxylic acids is 1. The first-order valence-corrected chi connectivity index (χ1v) is 10.1. The van der Waals surface area contributed by atoms with Gasteiger partial charge in [-0.15, -0.1) is 17.9 Å². The molecule has 1 N–H and O–H groups in total. The number of amides is 1. The molecular formula is C22H20F2N4O2S. The van der Waals surface area contributed by atoms with Crippen molar-refractivity contribution < 1.29 is 18.3 Å². The molecule has 31 heavy (non-hydrogen) atoms. The van der Waals surface area contributed by atoms with Crippen LogP contribution in [0.15, 0.2) is 76.7 Å². The van der Waals surface area contributed by atoms with Crippen molar-refractivity contribution in [3.8, 4) is 17.0 Å². The summed E-state index contributed by atoms with van der Waals surface area (Å²) in [6.45, 7) is 2.69. The monoisotopic (exact) mass is 442 g/mol. The lowest BCUT2D eigenvalue weighted by molar-refractivity contribution is -0.114. The van der Waals surface area contributed by atoms with Gasteiger partial charge in [0.1, 0.15) is 5.75 Å². The van der Waals surface area contributed by atoms with E-state index in [1.54, 1.807) is 41.2 Å². The fraction of sp³-hybridized carbons (Fsp3) is 0.136. The molecule has 2 aromatic carbocycles. The third-order valence-corrected chi connectivity index (χ3v) is 4.82. The normalized spacial score (nSPS) is 11.8. The molecule has 0 unspecified atom stereocenters. The van der Waals surface area contributed by atoms with E-state index in [0.717, 1.165) is 16.8 Å². The number of anilines is 1. The molecule has 1 heterocycles. The summed E-state index contributed by atoms with van der Waals surface area (Å²) in [6, 6.07) is 13.6. The highest BCUT2D eigenvalue weighted by molar-refractivity contribution is 7.07. The first-order valence-electron chi connectivity index (χ1n) is 9.25. The number of hydrogen-bond acceptors (Lipinski definition) is 5. The highest BCUT2D eigenvalue weighted by Crippen LogP contribution is 2.24. The van der Waals surface area contributed by atoms with E-state index in [0.29, 0.717) is 17.0 Å². The van der Waals surface area contributed by atoms with E-state index in [9.17, 15) is 13.6 Å². The van der Waals surface area contributed by atoms with Crippen LogP contribution in [-0.4, -0.2) is 30.0 Å². The lowest BCUT2D eigenvalue weighted by Gasteiger charge is -2.07. The first kappa shape index (κ1) is 22.1. The van der Waals surface area contributed by atoms with Crippen molar-refractivity contribution in [2.45, 2.75) is 13.5 Å². The number of nitrogens with one attached hydrogen (secondary N) is 1. The largest absolute Gasteiger partial charge is 0.435 e. The maximum atomic E-state index is 12.4. The molecule has 0 aliphatic heterocycles. The number of thiazole rings is 1. The van der Waals surface area contributed by atoms with Crippen LogP contribution in [0.2, 0.25) is 0 Å². The summed E-state index contributed by atoms with van der Waals surface area (Å²) in [6.07, 6.45) is 3.36. The number of alkyl halides is 2. The second kappa shape index (κ2) is 10.4. The molecule has 0 aliphatic rings. The highest BCUT2D eigenvalue weighted by Gasteiger charge is 2.09. The molecule has 0 saturated heterocycles. The number of aromatic nitrogens is 1. The number of rotatable bonds is 8. The number of hydrogen-bond donors (Lipinski definition) is 1. The highest BCUT2D eigenvalue weighted by atomic mass is 32.1. The average Bonchev–Trinajstić information content (AvgIpc) is 3.14. The molecule has 0 bridgehead atoms. The Balaban J connectivity index is 1.92. The number of ether oxygens (including phenoxy) is 1. The van der Waals surface area contributed by atoms with Gasteiger partial charge in [-0.1, -0.05) is 18.2 Å². The van der Waals surface area contributed by atoms with Gasteiger partial charge in [-0.3, -0.25) is 9.79 Å². The quantitative estimate of drug-likeness (QED) is 0.404. The second-order valence-corrected chi connectivity index (χ2v) is 7.13. The topological polar surface area (TPSA) is 68.0 Å². The standard InChI is InChI=1S/C22H20F2N4O2S/c1-3-12-25-22-28(26-13-16-4-8-18(9-5-16)27-15(2)29)20(14-31-22)17-6-10-19(11-7-17)30-21(23)24/h3-11,13-14,21H,1,12H2,2H3,(H,27,29)/b25-22?,26-13-. The van der Waals surface area contributed by atoms with Crippen molar-refractivity contribution in [1.82, 2.24) is 4.68 Å². The Hall–Kier alpha value is -3.59. The van der Waals surface area contributed by atoms with Gasteiger partial charge in [-0.05, 0) is 42.0 Å². The third kappa shape index (κ3) is 6.19. The van der Waals surface area contributed by atoms with E-state index in [-0.39, 0.29) is 11.7 Å². The summed E-state index contributed by atoms with van der Waals surface area (Å²) >= 11 is 1.41. The van der Waals surface area contributed by atoms with Gasteiger partial charge in [0.25, 0.3) is 0 Å². The second-order valence-electron chi connectivity index (χ2n) is 6.30. The molecule has 1 aromatic heterocycles. The molecule has 6 nitrogen and oxygen atoms in total. The van der Waals surface area contributed by atoms with Gasteiger partial charge in [0.2, 0.25) is 10.7 Å². The molecule has 0 aliphatic carbocycles. The lowest BCUT2D eigenvalue weighted by Crippen LogP contribution is -2.12. The molecule has 0 radical (unpaired) electrons. The van der Waals surface area contributed by atoms with Crippen molar-refractivity contribution in [3.63, 3.8) is 0 Å². The van der Waals surface area contributed by atoms with Gasteiger partial charge >= 0.3 is 6.61 Å². The van der Waals surface area contributed by atoms with E-state index >= 15 is 0 Å². The predicted molar refractivity (Wildman–Crippen MR) is 119 cm³/mol.